The fourth-order valence-corrected chi connectivity index (χ4v) is 2.23. The summed E-state index contributed by atoms with van der Waals surface area (Å²) in [6.07, 6.45) is 1.67. The Morgan fingerprint density at radius 2 is 2.28 bits per heavy atom. The van der Waals surface area contributed by atoms with E-state index in [0.29, 0.717) is 12.1 Å². The molecule has 0 bridgehead atoms. The second kappa shape index (κ2) is 5.60. The Labute approximate surface area is 107 Å². The van der Waals surface area contributed by atoms with Crippen LogP contribution in [0.15, 0.2) is 11.0 Å². The van der Waals surface area contributed by atoms with Gasteiger partial charge in [-0.2, -0.15) is 0 Å². The predicted molar refractivity (Wildman–Crippen MR) is 70.5 cm³/mol. The number of hydrogen-bond donors (Lipinski definition) is 2. The normalized spacial score (nSPS) is 22.3. The van der Waals surface area contributed by atoms with Gasteiger partial charge in [-0.1, -0.05) is 0 Å². The van der Waals surface area contributed by atoms with Crippen LogP contribution in [0.3, 0.4) is 0 Å². The first-order chi connectivity index (χ1) is 8.61. The highest BCUT2D eigenvalue weighted by atomic mass is 16.1. The van der Waals surface area contributed by atoms with Crippen LogP contribution in [0.25, 0.3) is 0 Å². The first-order valence-corrected chi connectivity index (χ1v) is 6.23. The lowest BCUT2D eigenvalue weighted by atomic mass is 10.1. The zero-order valence-corrected chi connectivity index (χ0v) is 11.2. The van der Waals surface area contributed by atoms with E-state index in [9.17, 15) is 4.79 Å². The Balaban J connectivity index is 2.22. The van der Waals surface area contributed by atoms with Gasteiger partial charge in [0.15, 0.2) is 0 Å². The topological polar surface area (TPSA) is 64.3 Å². The average Bonchev–Trinajstić information content (AvgIpc) is 2.35. The molecule has 1 fully saturated rings. The summed E-state index contributed by atoms with van der Waals surface area (Å²) >= 11 is 0. The van der Waals surface area contributed by atoms with E-state index >= 15 is 0 Å². The maximum atomic E-state index is 11.9. The fraction of sp³-hybridized carbons (Fsp3) is 0.667. The van der Waals surface area contributed by atoms with Crippen LogP contribution in [0.1, 0.15) is 17.4 Å². The van der Waals surface area contributed by atoms with E-state index < -0.39 is 0 Å². The smallest absolute Gasteiger partial charge is 0.255 e. The van der Waals surface area contributed by atoms with Crippen molar-refractivity contribution in [2.24, 2.45) is 0 Å². The molecule has 1 unspecified atom stereocenters. The van der Waals surface area contributed by atoms with Crippen molar-refractivity contribution in [2.75, 3.05) is 40.8 Å². The van der Waals surface area contributed by atoms with Crippen molar-refractivity contribution in [1.29, 1.82) is 0 Å². The highest BCUT2D eigenvalue weighted by molar-refractivity contribution is 5.08. The number of nitrogens with zero attached hydrogens (tertiary/aromatic N) is 3. The van der Waals surface area contributed by atoms with Gasteiger partial charge in [0.05, 0.1) is 6.04 Å². The van der Waals surface area contributed by atoms with Crippen molar-refractivity contribution < 1.29 is 0 Å². The third kappa shape index (κ3) is 2.77. The number of aromatic amines is 1. The van der Waals surface area contributed by atoms with Crippen LogP contribution in [-0.2, 0) is 6.54 Å². The van der Waals surface area contributed by atoms with Crippen LogP contribution >= 0.6 is 0 Å². The average molecular weight is 251 g/mol. The summed E-state index contributed by atoms with van der Waals surface area (Å²) in [6, 6.07) is 0.167. The van der Waals surface area contributed by atoms with Gasteiger partial charge in [0.2, 0.25) is 0 Å². The minimum Gasteiger partial charge on any atom is -0.315 e. The molecule has 18 heavy (non-hydrogen) atoms. The van der Waals surface area contributed by atoms with Crippen LogP contribution in [-0.4, -0.2) is 60.5 Å². The molecule has 0 spiro atoms. The minimum absolute atomic E-state index is 0.0454. The number of nitrogens with one attached hydrogen (secondary N) is 2. The molecule has 1 atom stereocenters. The summed E-state index contributed by atoms with van der Waals surface area (Å²) in [6.45, 7) is 3.48. The van der Waals surface area contributed by atoms with Crippen molar-refractivity contribution in [3.8, 4) is 0 Å². The first-order valence-electron chi connectivity index (χ1n) is 6.23. The summed E-state index contributed by atoms with van der Waals surface area (Å²) < 4.78 is 0. The van der Waals surface area contributed by atoms with Gasteiger partial charge in [0.25, 0.3) is 5.56 Å². The Bertz CT molecular complexity index is 458. The third-order valence-corrected chi connectivity index (χ3v) is 3.43. The van der Waals surface area contributed by atoms with Crippen molar-refractivity contribution >= 4 is 0 Å². The molecule has 2 heterocycles. The first kappa shape index (κ1) is 13.2. The molecule has 6 nitrogen and oxygen atoms in total. The molecule has 6 heteroatoms. The number of hydrogen-bond acceptors (Lipinski definition) is 5. The molecule has 100 valence electrons. The second-order valence-electron chi connectivity index (χ2n) is 4.91. The van der Waals surface area contributed by atoms with Crippen LogP contribution in [0, 0.1) is 0 Å². The van der Waals surface area contributed by atoms with Gasteiger partial charge in [-0.15, -0.1) is 0 Å². The number of aromatic nitrogens is 2. The fourth-order valence-electron chi connectivity index (χ4n) is 2.23. The Hall–Kier alpha value is -1.24. The highest BCUT2D eigenvalue weighted by Gasteiger charge is 2.25. The van der Waals surface area contributed by atoms with Crippen LogP contribution in [0.2, 0.25) is 0 Å². The van der Waals surface area contributed by atoms with Crippen LogP contribution in [0.4, 0.5) is 0 Å². The molecule has 1 saturated heterocycles. The molecular weight excluding hydrogens is 230 g/mol. The second-order valence-corrected chi connectivity index (χ2v) is 4.91. The quantitative estimate of drug-likeness (QED) is 0.751. The van der Waals surface area contributed by atoms with E-state index in [2.05, 4.69) is 39.2 Å². The number of H-pyrrole nitrogens is 1. The number of likely N-dealkylation sites (N-methyl/N-ethyl adjacent to an activating group) is 2. The van der Waals surface area contributed by atoms with E-state index in [1.54, 1.807) is 6.20 Å². The van der Waals surface area contributed by atoms with Crippen molar-refractivity contribution in [1.82, 2.24) is 25.1 Å². The van der Waals surface area contributed by atoms with Gasteiger partial charge in [-0.05, 0) is 21.1 Å². The molecule has 2 N–H and O–H groups in total. The lowest BCUT2D eigenvalue weighted by Gasteiger charge is -2.36. The van der Waals surface area contributed by atoms with Crippen LogP contribution < -0.4 is 10.9 Å². The maximum absolute atomic E-state index is 11.9. The van der Waals surface area contributed by atoms with Gasteiger partial charge in [-0.3, -0.25) is 9.69 Å². The van der Waals surface area contributed by atoms with Gasteiger partial charge < -0.3 is 15.2 Å². The summed E-state index contributed by atoms with van der Waals surface area (Å²) in [5, 5.41) is 2.96. The minimum atomic E-state index is -0.0454. The van der Waals surface area contributed by atoms with Crippen molar-refractivity contribution in [3.63, 3.8) is 0 Å². The SMILES string of the molecule is CNCc1cnc(C2CN(C)CCN2C)[nH]c1=O. The monoisotopic (exact) mass is 251 g/mol. The molecule has 2 rings (SSSR count). The number of rotatable bonds is 3. The Kier molecular flexibility index (Phi) is 4.11. The molecule has 1 aliphatic heterocycles. The van der Waals surface area contributed by atoms with Crippen molar-refractivity contribution in [3.05, 3.63) is 27.9 Å². The molecule has 0 aliphatic carbocycles. The van der Waals surface area contributed by atoms with E-state index in [0.717, 1.165) is 25.5 Å². The summed E-state index contributed by atoms with van der Waals surface area (Å²) in [5.74, 6) is 0.758. The molecule has 0 amide bonds. The lowest BCUT2D eigenvalue weighted by Crippen LogP contribution is -2.45. The molecule has 0 saturated carbocycles. The predicted octanol–water partition coefficient (Wildman–Crippen LogP) is -0.592. The van der Waals surface area contributed by atoms with E-state index in [1.807, 2.05) is 7.05 Å². The van der Waals surface area contributed by atoms with E-state index in [1.165, 1.54) is 0 Å². The van der Waals surface area contributed by atoms with E-state index in [4.69, 9.17) is 0 Å². The molecule has 0 aromatic carbocycles. The molecule has 0 radical (unpaired) electrons. The largest absolute Gasteiger partial charge is 0.315 e. The third-order valence-electron chi connectivity index (χ3n) is 3.43. The Morgan fingerprint density at radius 1 is 1.50 bits per heavy atom. The lowest BCUT2D eigenvalue weighted by molar-refractivity contribution is 0.109. The molecule has 1 aromatic heterocycles. The van der Waals surface area contributed by atoms with Crippen LogP contribution in [0.5, 0.6) is 0 Å². The van der Waals surface area contributed by atoms with Crippen molar-refractivity contribution in [2.45, 2.75) is 12.6 Å². The van der Waals surface area contributed by atoms with Gasteiger partial charge in [-0.25, -0.2) is 4.98 Å². The highest BCUT2D eigenvalue weighted by Crippen LogP contribution is 2.19. The van der Waals surface area contributed by atoms with E-state index in [-0.39, 0.29) is 11.6 Å². The van der Waals surface area contributed by atoms with Gasteiger partial charge >= 0.3 is 0 Å². The Morgan fingerprint density at radius 3 is 2.94 bits per heavy atom. The number of piperazine rings is 1. The summed E-state index contributed by atoms with van der Waals surface area (Å²) in [5.41, 5.74) is 0.629. The molecule has 1 aromatic rings. The molecular formula is C12H21N5O. The summed E-state index contributed by atoms with van der Waals surface area (Å²) in [7, 11) is 5.98. The zero-order valence-electron chi connectivity index (χ0n) is 11.2. The molecule has 1 aliphatic rings. The standard InChI is InChI=1S/C12H21N5O/c1-13-6-9-7-14-11(15-12(9)18)10-8-16(2)4-5-17(10)3/h7,10,13H,4-6,8H2,1-3H3,(H,14,15,18). The van der Waals surface area contributed by atoms with Gasteiger partial charge in [0.1, 0.15) is 5.82 Å². The zero-order chi connectivity index (χ0) is 13.1. The summed E-state index contributed by atoms with van der Waals surface area (Å²) in [4.78, 5) is 23.7. The maximum Gasteiger partial charge on any atom is 0.255 e. The van der Waals surface area contributed by atoms with Gasteiger partial charge in [0, 0.05) is 37.9 Å².